The van der Waals surface area contributed by atoms with Gasteiger partial charge in [-0.15, -0.1) is 5.10 Å². The molecule has 1 aromatic heterocycles. The highest BCUT2D eigenvalue weighted by molar-refractivity contribution is 4.91. The number of hydrogen-bond donors (Lipinski definition) is 2. The van der Waals surface area contributed by atoms with E-state index in [4.69, 9.17) is 0 Å². The van der Waals surface area contributed by atoms with Gasteiger partial charge in [0.1, 0.15) is 0 Å². The van der Waals surface area contributed by atoms with Gasteiger partial charge in [-0.1, -0.05) is 12.1 Å². The van der Waals surface area contributed by atoms with Gasteiger partial charge in [-0.05, 0) is 13.3 Å². The van der Waals surface area contributed by atoms with Crippen LogP contribution in [0.5, 0.6) is 0 Å². The van der Waals surface area contributed by atoms with Gasteiger partial charge in [-0.3, -0.25) is 4.68 Å². The van der Waals surface area contributed by atoms with Gasteiger partial charge < -0.3 is 10.4 Å². The summed E-state index contributed by atoms with van der Waals surface area (Å²) in [5.41, 5.74) is 0.252. The maximum absolute atomic E-state index is 9.70. The molecule has 5 heteroatoms. The van der Waals surface area contributed by atoms with Gasteiger partial charge in [0.25, 0.3) is 0 Å². The summed E-state index contributed by atoms with van der Waals surface area (Å²) in [5, 5.41) is 20.6. The van der Waals surface area contributed by atoms with Crippen LogP contribution in [-0.2, 0) is 13.6 Å². The largest absolute Gasteiger partial charge is 0.389 e. The lowest BCUT2D eigenvalue weighted by atomic mass is 10.0. The van der Waals surface area contributed by atoms with Crippen molar-refractivity contribution in [3.05, 3.63) is 11.9 Å². The standard InChI is InChI=1S/C9H18N4O/c1-4-9(2,14)7-10-5-8-6-13(3)12-11-8/h6,10,14H,4-5,7H2,1-3H3. The smallest absolute Gasteiger partial charge is 0.0964 e. The van der Waals surface area contributed by atoms with Crippen molar-refractivity contribution < 1.29 is 5.11 Å². The minimum absolute atomic E-state index is 0.570. The van der Waals surface area contributed by atoms with E-state index in [1.165, 1.54) is 0 Å². The zero-order valence-corrected chi connectivity index (χ0v) is 8.99. The molecule has 0 amide bonds. The van der Waals surface area contributed by atoms with E-state index >= 15 is 0 Å². The molecule has 0 radical (unpaired) electrons. The van der Waals surface area contributed by atoms with Gasteiger partial charge in [0.2, 0.25) is 0 Å². The van der Waals surface area contributed by atoms with E-state index in [-0.39, 0.29) is 0 Å². The van der Waals surface area contributed by atoms with E-state index in [2.05, 4.69) is 15.6 Å². The molecule has 1 aromatic rings. The third kappa shape index (κ3) is 3.43. The summed E-state index contributed by atoms with van der Waals surface area (Å²) >= 11 is 0. The highest BCUT2D eigenvalue weighted by atomic mass is 16.3. The van der Waals surface area contributed by atoms with Crippen molar-refractivity contribution >= 4 is 0 Å². The molecule has 5 nitrogen and oxygen atoms in total. The molecule has 0 bridgehead atoms. The highest BCUT2D eigenvalue weighted by Crippen LogP contribution is 2.06. The third-order valence-corrected chi connectivity index (χ3v) is 2.22. The normalized spacial score (nSPS) is 15.4. The Hall–Kier alpha value is -0.940. The lowest BCUT2D eigenvalue weighted by molar-refractivity contribution is 0.0555. The van der Waals surface area contributed by atoms with E-state index in [1.807, 2.05) is 27.1 Å². The van der Waals surface area contributed by atoms with Gasteiger partial charge in [-0.25, -0.2) is 0 Å². The fourth-order valence-electron chi connectivity index (χ4n) is 1.06. The van der Waals surface area contributed by atoms with Crippen molar-refractivity contribution in [1.82, 2.24) is 20.3 Å². The predicted octanol–water partition coefficient (Wildman–Crippen LogP) is 0.0657. The monoisotopic (exact) mass is 198 g/mol. The number of rotatable bonds is 5. The average Bonchev–Trinajstić information content (AvgIpc) is 2.51. The molecule has 0 saturated carbocycles. The molecule has 0 saturated heterocycles. The van der Waals surface area contributed by atoms with Crippen molar-refractivity contribution in [3.63, 3.8) is 0 Å². The molecule has 80 valence electrons. The summed E-state index contributed by atoms with van der Waals surface area (Å²) in [5.74, 6) is 0. The Labute approximate surface area is 84.1 Å². The number of nitrogens with one attached hydrogen (secondary N) is 1. The molecule has 0 aromatic carbocycles. The number of aliphatic hydroxyl groups is 1. The first kappa shape index (κ1) is 11.1. The second-order valence-corrected chi connectivity index (χ2v) is 3.84. The van der Waals surface area contributed by atoms with Gasteiger partial charge in [-0.2, -0.15) is 0 Å². The predicted molar refractivity (Wildman–Crippen MR) is 53.6 cm³/mol. The van der Waals surface area contributed by atoms with Crippen molar-refractivity contribution in [2.75, 3.05) is 6.54 Å². The van der Waals surface area contributed by atoms with Crippen molar-refractivity contribution in [1.29, 1.82) is 0 Å². The number of aromatic nitrogens is 3. The molecule has 0 aliphatic heterocycles. The second-order valence-electron chi connectivity index (χ2n) is 3.84. The van der Waals surface area contributed by atoms with E-state index < -0.39 is 5.60 Å². The summed E-state index contributed by atoms with van der Waals surface area (Å²) in [7, 11) is 1.83. The molecule has 2 N–H and O–H groups in total. The van der Waals surface area contributed by atoms with Crippen LogP contribution < -0.4 is 5.32 Å². The molecular weight excluding hydrogens is 180 g/mol. The molecule has 1 rings (SSSR count). The van der Waals surface area contributed by atoms with Crippen molar-refractivity contribution in [2.45, 2.75) is 32.4 Å². The van der Waals surface area contributed by atoms with E-state index in [1.54, 1.807) is 4.68 Å². The Morgan fingerprint density at radius 3 is 2.86 bits per heavy atom. The topological polar surface area (TPSA) is 63.0 Å². The van der Waals surface area contributed by atoms with Crippen molar-refractivity contribution in [2.24, 2.45) is 7.05 Å². The summed E-state index contributed by atoms with van der Waals surface area (Å²) in [6, 6.07) is 0. The molecule has 1 unspecified atom stereocenters. The summed E-state index contributed by atoms with van der Waals surface area (Å²) < 4.78 is 1.66. The maximum Gasteiger partial charge on any atom is 0.0964 e. The highest BCUT2D eigenvalue weighted by Gasteiger charge is 2.16. The zero-order valence-electron chi connectivity index (χ0n) is 8.99. The Balaban J connectivity index is 2.28. The molecular formula is C9H18N4O. The van der Waals surface area contributed by atoms with Crippen LogP contribution in [0.2, 0.25) is 0 Å². The van der Waals surface area contributed by atoms with Gasteiger partial charge in [0, 0.05) is 26.3 Å². The van der Waals surface area contributed by atoms with E-state index in [9.17, 15) is 5.11 Å². The van der Waals surface area contributed by atoms with Crippen molar-refractivity contribution in [3.8, 4) is 0 Å². The molecule has 0 aliphatic rings. The van der Waals surface area contributed by atoms with Crippen LogP contribution in [0.3, 0.4) is 0 Å². The summed E-state index contributed by atoms with van der Waals surface area (Å²) in [4.78, 5) is 0. The Kier molecular flexibility index (Phi) is 3.60. The van der Waals surface area contributed by atoms with Crippen LogP contribution in [0.4, 0.5) is 0 Å². The van der Waals surface area contributed by atoms with E-state index in [0.29, 0.717) is 13.1 Å². The van der Waals surface area contributed by atoms with E-state index in [0.717, 1.165) is 12.1 Å². The molecule has 0 aliphatic carbocycles. The Bertz CT molecular complexity index is 282. The van der Waals surface area contributed by atoms with Gasteiger partial charge in [0.05, 0.1) is 11.3 Å². The van der Waals surface area contributed by atoms with Crippen LogP contribution in [-0.4, -0.2) is 32.2 Å². The lowest BCUT2D eigenvalue weighted by Gasteiger charge is -2.21. The summed E-state index contributed by atoms with van der Waals surface area (Å²) in [6.45, 7) is 4.99. The van der Waals surface area contributed by atoms with Gasteiger partial charge >= 0.3 is 0 Å². The number of nitrogens with zero attached hydrogens (tertiary/aromatic N) is 3. The minimum atomic E-state index is -0.637. The fourth-order valence-corrected chi connectivity index (χ4v) is 1.06. The van der Waals surface area contributed by atoms with Crippen LogP contribution in [0.25, 0.3) is 0 Å². The summed E-state index contributed by atoms with van der Waals surface area (Å²) in [6.07, 6.45) is 2.59. The second kappa shape index (κ2) is 4.52. The molecule has 0 spiro atoms. The zero-order chi connectivity index (χ0) is 10.6. The average molecular weight is 198 g/mol. The fraction of sp³-hybridized carbons (Fsp3) is 0.778. The minimum Gasteiger partial charge on any atom is -0.389 e. The SMILES string of the molecule is CCC(C)(O)CNCc1cn(C)nn1. The van der Waals surface area contributed by atoms with Crippen LogP contribution >= 0.6 is 0 Å². The molecule has 1 heterocycles. The Morgan fingerprint density at radius 1 is 1.64 bits per heavy atom. The maximum atomic E-state index is 9.70. The molecule has 0 fully saturated rings. The van der Waals surface area contributed by atoms with Crippen LogP contribution in [0.1, 0.15) is 26.0 Å². The number of aryl methyl sites for hydroxylation is 1. The quantitative estimate of drug-likeness (QED) is 0.702. The first-order valence-corrected chi connectivity index (χ1v) is 4.82. The van der Waals surface area contributed by atoms with Crippen LogP contribution in [0, 0.1) is 0 Å². The Morgan fingerprint density at radius 2 is 2.36 bits per heavy atom. The first-order chi connectivity index (χ1) is 6.53. The lowest BCUT2D eigenvalue weighted by Crippen LogP contribution is -2.36. The van der Waals surface area contributed by atoms with Gasteiger partial charge in [0.15, 0.2) is 0 Å². The molecule has 1 atom stereocenters. The third-order valence-electron chi connectivity index (χ3n) is 2.22. The molecule has 14 heavy (non-hydrogen) atoms. The number of hydrogen-bond acceptors (Lipinski definition) is 4. The van der Waals surface area contributed by atoms with Crippen LogP contribution in [0.15, 0.2) is 6.20 Å². The first-order valence-electron chi connectivity index (χ1n) is 4.82.